The predicted octanol–water partition coefficient (Wildman–Crippen LogP) is 3.91. The summed E-state index contributed by atoms with van der Waals surface area (Å²) in [7, 11) is 0. The molecule has 0 radical (unpaired) electrons. The largest absolute Gasteiger partial charge is 0.335 e. The van der Waals surface area contributed by atoms with Crippen molar-refractivity contribution in [1.82, 2.24) is 4.98 Å². The monoisotopic (exact) mass is 333 g/mol. The molecule has 0 atom stereocenters. The van der Waals surface area contributed by atoms with Crippen LogP contribution in [0.15, 0.2) is 84.9 Å². The second-order valence-electron chi connectivity index (χ2n) is 5.86. The summed E-state index contributed by atoms with van der Waals surface area (Å²) in [6.07, 6.45) is 0. The Morgan fingerprint density at radius 2 is 1.27 bits per heavy atom. The minimum absolute atomic E-state index is 0.581. The summed E-state index contributed by atoms with van der Waals surface area (Å²) in [5, 5.41) is 0. The molecule has 0 fully saturated rings. The summed E-state index contributed by atoms with van der Waals surface area (Å²) >= 11 is 0. The maximum Gasteiger partial charge on any atom is 0.335 e. The molecule has 26 heavy (non-hydrogen) atoms. The van der Waals surface area contributed by atoms with Crippen molar-refractivity contribution < 1.29 is 4.57 Å². The van der Waals surface area contributed by atoms with Gasteiger partial charge in [0.25, 0.3) is 0 Å². The van der Waals surface area contributed by atoms with E-state index in [1.54, 1.807) is 0 Å². The van der Waals surface area contributed by atoms with Crippen molar-refractivity contribution in [2.75, 3.05) is 0 Å². The molecule has 0 unspecified atom stereocenters. The third kappa shape index (κ3) is 3.51. The van der Waals surface area contributed by atoms with Gasteiger partial charge < -0.3 is 0 Å². The van der Waals surface area contributed by atoms with E-state index in [0.717, 1.165) is 28.0 Å². The molecule has 0 aliphatic heterocycles. The lowest BCUT2D eigenvalue weighted by Crippen LogP contribution is -2.35. The maximum atomic E-state index is 3.40. The number of nitrogens with zero attached hydrogens (tertiary/aromatic N) is 1. The lowest BCUT2D eigenvalue weighted by molar-refractivity contribution is -0.660. The van der Waals surface area contributed by atoms with E-state index in [-0.39, 0.29) is 0 Å². The van der Waals surface area contributed by atoms with Crippen molar-refractivity contribution in [1.29, 1.82) is 0 Å². The molecular formula is C24H17N2+. The number of benzene rings is 3. The molecule has 0 saturated heterocycles. The molecule has 0 amide bonds. The summed E-state index contributed by atoms with van der Waals surface area (Å²) in [4.78, 5) is 3.40. The highest BCUT2D eigenvalue weighted by Gasteiger charge is 2.15. The van der Waals surface area contributed by atoms with E-state index in [1.807, 2.05) is 72.8 Å². The Kier molecular flexibility index (Phi) is 4.50. The van der Waals surface area contributed by atoms with Crippen molar-refractivity contribution in [2.45, 2.75) is 6.54 Å². The van der Waals surface area contributed by atoms with Crippen LogP contribution < -0.4 is 4.57 Å². The molecule has 0 saturated carbocycles. The lowest BCUT2D eigenvalue weighted by atomic mass is 10.2. The number of aromatic amines is 1. The maximum absolute atomic E-state index is 3.40. The fraction of sp³-hybridized carbons (Fsp3) is 0.0417. The molecule has 0 spiro atoms. The van der Waals surface area contributed by atoms with Crippen molar-refractivity contribution in [3.63, 3.8) is 0 Å². The SMILES string of the molecule is C(#Cc1ccccc1)C[n+]1c(C#Cc2ccccc2)[nH]c2ccccc21. The molecule has 122 valence electrons. The van der Waals surface area contributed by atoms with Crippen LogP contribution in [0.4, 0.5) is 0 Å². The highest BCUT2D eigenvalue weighted by molar-refractivity contribution is 5.71. The zero-order valence-corrected chi connectivity index (χ0v) is 14.2. The van der Waals surface area contributed by atoms with Gasteiger partial charge in [0, 0.05) is 17.0 Å². The zero-order valence-electron chi connectivity index (χ0n) is 14.2. The molecule has 0 bridgehead atoms. The van der Waals surface area contributed by atoms with Gasteiger partial charge in [-0.25, -0.2) is 9.55 Å². The number of hydrogen-bond acceptors (Lipinski definition) is 0. The van der Waals surface area contributed by atoms with E-state index in [0.29, 0.717) is 6.54 Å². The van der Waals surface area contributed by atoms with E-state index >= 15 is 0 Å². The van der Waals surface area contributed by atoms with E-state index in [9.17, 15) is 0 Å². The Hall–Kier alpha value is -3.75. The fourth-order valence-electron chi connectivity index (χ4n) is 2.79. The van der Waals surface area contributed by atoms with Crippen LogP contribution in [-0.2, 0) is 6.54 Å². The smallest absolute Gasteiger partial charge is 0.229 e. The van der Waals surface area contributed by atoms with Gasteiger partial charge in [-0.05, 0) is 36.4 Å². The summed E-state index contributed by atoms with van der Waals surface area (Å²) in [5.41, 5.74) is 4.18. The first-order valence-corrected chi connectivity index (χ1v) is 8.52. The number of hydrogen-bond donors (Lipinski definition) is 1. The Morgan fingerprint density at radius 3 is 2.00 bits per heavy atom. The van der Waals surface area contributed by atoms with Crippen LogP contribution in [-0.4, -0.2) is 4.98 Å². The molecule has 1 aromatic heterocycles. The van der Waals surface area contributed by atoms with Crippen LogP contribution in [0.5, 0.6) is 0 Å². The van der Waals surface area contributed by atoms with Gasteiger partial charge in [-0.1, -0.05) is 66.3 Å². The average molecular weight is 333 g/mol. The Morgan fingerprint density at radius 1 is 0.654 bits per heavy atom. The van der Waals surface area contributed by atoms with Crippen molar-refractivity contribution in [3.05, 3.63) is 102 Å². The fourth-order valence-corrected chi connectivity index (χ4v) is 2.79. The number of imidazole rings is 1. The average Bonchev–Trinajstić information content (AvgIpc) is 3.06. The molecule has 0 aliphatic carbocycles. The van der Waals surface area contributed by atoms with Gasteiger partial charge in [0.2, 0.25) is 0 Å². The first-order valence-electron chi connectivity index (χ1n) is 8.52. The molecule has 1 heterocycles. The molecular weight excluding hydrogens is 316 g/mol. The Balaban J connectivity index is 1.71. The zero-order chi connectivity index (χ0) is 17.6. The van der Waals surface area contributed by atoms with Gasteiger partial charge in [-0.3, -0.25) is 0 Å². The molecule has 2 nitrogen and oxygen atoms in total. The molecule has 4 aromatic rings. The first-order chi connectivity index (χ1) is 12.9. The first kappa shape index (κ1) is 15.8. The standard InChI is InChI=1S/C24H16N2/c1-3-10-20(11-4-1)14-9-19-26-23-16-8-7-15-22(23)25-24(26)18-17-21-12-5-2-6-13-21/h1-8,10-13,15-16H,19H2/p+1. The topological polar surface area (TPSA) is 19.7 Å². The Bertz CT molecular complexity index is 1150. The van der Waals surface area contributed by atoms with Gasteiger partial charge in [-0.2, -0.15) is 0 Å². The molecule has 3 aromatic carbocycles. The molecule has 2 heteroatoms. The van der Waals surface area contributed by atoms with Gasteiger partial charge in [-0.15, -0.1) is 0 Å². The summed E-state index contributed by atoms with van der Waals surface area (Å²) in [6, 6.07) is 28.2. The number of rotatable bonds is 1. The van der Waals surface area contributed by atoms with Gasteiger partial charge in [0.05, 0.1) is 0 Å². The van der Waals surface area contributed by atoms with Gasteiger partial charge >= 0.3 is 5.82 Å². The van der Waals surface area contributed by atoms with Crippen LogP contribution >= 0.6 is 0 Å². The normalized spacial score (nSPS) is 9.85. The number of para-hydroxylation sites is 2. The number of H-pyrrole nitrogens is 1. The lowest BCUT2D eigenvalue weighted by Gasteiger charge is -1.92. The van der Waals surface area contributed by atoms with Crippen LogP contribution in [0.25, 0.3) is 11.0 Å². The van der Waals surface area contributed by atoms with Crippen molar-refractivity contribution in [3.8, 4) is 23.7 Å². The quantitative estimate of drug-likeness (QED) is 0.403. The summed E-state index contributed by atoms with van der Waals surface area (Å²) in [5.74, 6) is 13.8. The van der Waals surface area contributed by atoms with Crippen molar-refractivity contribution >= 4 is 11.0 Å². The van der Waals surface area contributed by atoms with E-state index in [4.69, 9.17) is 0 Å². The molecule has 0 aliphatic rings. The van der Waals surface area contributed by atoms with Crippen LogP contribution in [0.2, 0.25) is 0 Å². The van der Waals surface area contributed by atoms with Crippen LogP contribution in [0, 0.1) is 23.7 Å². The Labute approximate surface area is 153 Å². The van der Waals surface area contributed by atoms with Gasteiger partial charge in [0.1, 0.15) is 0 Å². The van der Waals surface area contributed by atoms with Gasteiger partial charge in [0.15, 0.2) is 17.6 Å². The number of fused-ring (bicyclic) bond motifs is 1. The number of nitrogens with one attached hydrogen (secondary N) is 1. The van der Waals surface area contributed by atoms with E-state index in [1.165, 1.54) is 0 Å². The molecule has 4 rings (SSSR count). The summed E-state index contributed by atoms with van der Waals surface area (Å²) in [6.45, 7) is 0.581. The second kappa shape index (κ2) is 7.43. The third-order valence-electron chi connectivity index (χ3n) is 4.06. The minimum atomic E-state index is 0.581. The van der Waals surface area contributed by atoms with Crippen LogP contribution in [0.1, 0.15) is 17.0 Å². The van der Waals surface area contributed by atoms with Crippen molar-refractivity contribution in [2.24, 2.45) is 0 Å². The van der Waals surface area contributed by atoms with Crippen LogP contribution in [0.3, 0.4) is 0 Å². The summed E-state index contributed by atoms with van der Waals surface area (Å²) < 4.78 is 2.13. The highest BCUT2D eigenvalue weighted by Crippen LogP contribution is 2.08. The van der Waals surface area contributed by atoms with E-state index < -0.39 is 0 Å². The molecule has 1 N–H and O–H groups in total. The predicted molar refractivity (Wildman–Crippen MR) is 104 cm³/mol. The second-order valence-corrected chi connectivity index (χ2v) is 5.86. The van der Waals surface area contributed by atoms with E-state index in [2.05, 4.69) is 45.4 Å². The minimum Gasteiger partial charge on any atom is -0.229 e. The number of aromatic nitrogens is 2. The highest BCUT2D eigenvalue weighted by atomic mass is 15.1. The third-order valence-corrected chi connectivity index (χ3v) is 4.06.